The van der Waals surface area contributed by atoms with E-state index in [-0.39, 0.29) is 38.4 Å². The van der Waals surface area contributed by atoms with Gasteiger partial charge in [-0.05, 0) is 115 Å². The van der Waals surface area contributed by atoms with Crippen molar-refractivity contribution >= 4 is 70.4 Å². The largest absolute Gasteiger partial charge is 0.480 e. The van der Waals surface area contributed by atoms with Gasteiger partial charge in [-0.3, -0.25) is 38.0 Å². The minimum Gasteiger partial charge on any atom is -0.480 e. The highest BCUT2D eigenvalue weighted by Gasteiger charge is 2.34. The first-order valence-electron chi connectivity index (χ1n) is 22.6. The van der Waals surface area contributed by atoms with Crippen molar-refractivity contribution in [1.29, 1.82) is 10.8 Å². The van der Waals surface area contributed by atoms with E-state index in [9.17, 15) is 57.6 Å². The Morgan fingerprint density at radius 1 is 0.632 bits per heavy atom. The standard InChI is InChI=1S/C19H36FN7O5.4C7H8O3S/c20-11-15(23)26-9-4-2-6-19(24,18(30)31)13-27-16(28)12-32-17(29)14(22)5-1-3-8-25-10-7-21;4*1-6-2-4-7(5-3-6)11(8,9)10/h7,14,21,25H,1-6,8-13,22,24H2,(H2,23,26)(H,27,28)(H,30,31);4*2-5H,1H3,(H,8,9,10). The van der Waals surface area contributed by atoms with E-state index in [1.807, 2.05) is 27.7 Å². The summed E-state index contributed by atoms with van der Waals surface area (Å²) in [6.07, 6.45) is 3.98. The Hall–Kier alpha value is -6.12. The fourth-order valence-corrected chi connectivity index (χ4v) is 7.34. The van der Waals surface area contributed by atoms with Crippen LogP contribution in [-0.4, -0.2) is 138 Å². The minimum absolute atomic E-state index is 0.0482. The van der Waals surface area contributed by atoms with Crippen molar-refractivity contribution in [3.63, 3.8) is 0 Å². The second-order valence-electron chi connectivity index (χ2n) is 16.5. The predicted molar refractivity (Wildman–Crippen MR) is 282 cm³/mol. The number of hydrogen-bond acceptors (Lipinski definition) is 17. The summed E-state index contributed by atoms with van der Waals surface area (Å²) in [6.45, 7) is 6.99. The molecule has 4 aromatic carbocycles. The third-order valence-corrected chi connectivity index (χ3v) is 13.3. The van der Waals surface area contributed by atoms with Crippen LogP contribution in [0.2, 0.25) is 0 Å². The number of benzene rings is 4. The molecule has 0 spiro atoms. The van der Waals surface area contributed by atoms with Gasteiger partial charge in [0, 0.05) is 25.8 Å². The second kappa shape index (κ2) is 34.5. The highest BCUT2D eigenvalue weighted by Crippen LogP contribution is 2.13. The zero-order valence-electron chi connectivity index (χ0n) is 42.2. The fourth-order valence-electron chi connectivity index (χ4n) is 5.42. The van der Waals surface area contributed by atoms with Gasteiger partial charge in [0.05, 0.1) is 19.6 Å². The molecule has 0 heterocycles. The number of aryl methyl sites for hydroxylation is 4. The molecule has 2 unspecified atom stereocenters. The minimum atomic E-state index is -4.02. The van der Waals surface area contributed by atoms with Gasteiger partial charge < -0.3 is 42.7 Å². The van der Waals surface area contributed by atoms with Gasteiger partial charge in [0.25, 0.3) is 46.4 Å². The van der Waals surface area contributed by atoms with Crippen molar-refractivity contribution in [2.24, 2.45) is 11.5 Å². The molecule has 2 atom stereocenters. The van der Waals surface area contributed by atoms with Crippen molar-refractivity contribution in [3.8, 4) is 0 Å². The number of nitrogens with two attached hydrogens (primary N) is 2. The summed E-state index contributed by atoms with van der Waals surface area (Å²) >= 11 is 0. The highest BCUT2D eigenvalue weighted by atomic mass is 32.2. The Kier molecular flexibility index (Phi) is 31.7. The van der Waals surface area contributed by atoms with Crippen molar-refractivity contribution in [1.82, 2.24) is 16.0 Å². The molecule has 4 aromatic rings. The number of nitrogens with one attached hydrogen (secondary N) is 5. The highest BCUT2D eigenvalue weighted by molar-refractivity contribution is 7.86. The molecule has 4 rings (SSSR count). The van der Waals surface area contributed by atoms with E-state index in [1.165, 1.54) is 54.7 Å². The second-order valence-corrected chi connectivity index (χ2v) is 22.2. The first-order chi connectivity index (χ1) is 35.2. The lowest BCUT2D eigenvalue weighted by molar-refractivity contribution is -0.150. The van der Waals surface area contributed by atoms with Gasteiger partial charge in [-0.2, -0.15) is 33.7 Å². The number of carboxylic acid groups (broad SMARTS) is 1. The first kappa shape index (κ1) is 69.9. The summed E-state index contributed by atoms with van der Waals surface area (Å²) in [6, 6.07) is 23.1. The lowest BCUT2D eigenvalue weighted by Gasteiger charge is -2.25. The molecule has 0 saturated carbocycles. The maximum absolute atomic E-state index is 12.2. The molecular formula is C47H68FN7O17S4. The molecule has 0 bridgehead atoms. The lowest BCUT2D eigenvalue weighted by Crippen LogP contribution is -2.56. The van der Waals surface area contributed by atoms with Gasteiger partial charge >= 0.3 is 11.9 Å². The smallest absolute Gasteiger partial charge is 0.325 e. The van der Waals surface area contributed by atoms with Crippen LogP contribution in [0.3, 0.4) is 0 Å². The van der Waals surface area contributed by atoms with E-state index in [0.717, 1.165) is 28.7 Å². The van der Waals surface area contributed by atoms with E-state index in [2.05, 4.69) is 16.0 Å². The molecule has 0 saturated heterocycles. The molecular weight excluding hydrogens is 1080 g/mol. The Labute approximate surface area is 443 Å². The number of amides is 1. The maximum atomic E-state index is 12.2. The summed E-state index contributed by atoms with van der Waals surface area (Å²) in [5.74, 6) is -2.97. The number of carboxylic acids is 1. The van der Waals surface area contributed by atoms with Gasteiger partial charge in [-0.1, -0.05) is 77.2 Å². The fraction of sp³-hybridized carbons (Fsp3) is 0.383. The van der Waals surface area contributed by atoms with E-state index >= 15 is 0 Å². The number of esters is 1. The molecule has 424 valence electrons. The molecule has 0 radical (unpaired) electrons. The number of amidine groups is 1. The van der Waals surface area contributed by atoms with E-state index < -0.39 is 83.2 Å². The molecule has 14 N–H and O–H groups in total. The van der Waals surface area contributed by atoms with Gasteiger partial charge in [-0.15, -0.1) is 0 Å². The lowest BCUT2D eigenvalue weighted by atomic mass is 9.93. The number of alkyl halides is 1. The summed E-state index contributed by atoms with van der Waals surface area (Å²) in [4.78, 5) is 35.0. The van der Waals surface area contributed by atoms with Crippen LogP contribution < -0.4 is 27.4 Å². The summed E-state index contributed by atoms with van der Waals surface area (Å²) < 4.78 is 135. The number of carbonyl (C=O) groups excluding carboxylic acids is 2. The normalized spacial score (nSPS) is 12.3. The number of carbonyl (C=O) groups is 3. The summed E-state index contributed by atoms with van der Waals surface area (Å²) in [5.41, 5.74) is 13.7. The predicted octanol–water partition coefficient (Wildman–Crippen LogP) is 3.84. The van der Waals surface area contributed by atoms with Crippen molar-refractivity contribution < 1.29 is 80.5 Å². The number of unbranched alkanes of at least 4 members (excludes halogenated alkanes) is 2. The molecule has 24 nitrogen and oxygen atoms in total. The quantitative estimate of drug-likeness (QED) is 0.0165. The number of rotatable bonds is 23. The van der Waals surface area contributed by atoms with Crippen LogP contribution in [0.25, 0.3) is 0 Å². The first-order valence-corrected chi connectivity index (χ1v) is 28.4. The average Bonchev–Trinajstić information content (AvgIpc) is 3.33. The molecule has 29 heteroatoms. The Morgan fingerprint density at radius 3 is 1.30 bits per heavy atom. The molecule has 0 aliphatic rings. The zero-order valence-corrected chi connectivity index (χ0v) is 45.4. The molecule has 0 aliphatic carbocycles. The van der Waals surface area contributed by atoms with Crippen molar-refractivity contribution in [3.05, 3.63) is 119 Å². The Morgan fingerprint density at radius 2 is 0.987 bits per heavy atom. The zero-order chi connectivity index (χ0) is 58.3. The number of ether oxygens (including phenoxy) is 1. The van der Waals surface area contributed by atoms with E-state index in [1.54, 1.807) is 48.5 Å². The molecule has 76 heavy (non-hydrogen) atoms. The summed E-state index contributed by atoms with van der Waals surface area (Å²) in [5, 5.41) is 31.3. The number of halogens is 1. The molecule has 1 amide bonds. The van der Waals surface area contributed by atoms with Gasteiger partial charge in [0.1, 0.15) is 24.1 Å². The van der Waals surface area contributed by atoms with Gasteiger partial charge in [0.15, 0.2) is 6.61 Å². The van der Waals surface area contributed by atoms with Crippen LogP contribution in [0.15, 0.2) is 117 Å². The van der Waals surface area contributed by atoms with Gasteiger partial charge in [-0.25, -0.2) is 4.39 Å². The molecule has 0 fully saturated rings. The summed E-state index contributed by atoms with van der Waals surface area (Å²) in [7, 11) is -16.1. The van der Waals surface area contributed by atoms with E-state index in [0.29, 0.717) is 45.3 Å². The number of aliphatic carboxylic acids is 1. The van der Waals surface area contributed by atoms with Crippen LogP contribution in [0.5, 0.6) is 0 Å². The maximum Gasteiger partial charge on any atom is 0.325 e. The average molecular weight is 1150 g/mol. The number of hydrogen-bond donors (Lipinski definition) is 12. The third-order valence-electron chi connectivity index (χ3n) is 9.84. The van der Waals surface area contributed by atoms with E-state index in [4.69, 9.17) is 45.2 Å². The van der Waals surface area contributed by atoms with Crippen LogP contribution in [0.1, 0.15) is 60.8 Å². The molecule has 0 aromatic heterocycles. The Balaban J connectivity index is 0.00000104. The van der Waals surface area contributed by atoms with Crippen LogP contribution >= 0.6 is 0 Å². The Bertz CT molecular complexity index is 2610. The van der Waals surface area contributed by atoms with Crippen LogP contribution in [0.4, 0.5) is 4.39 Å². The third kappa shape index (κ3) is 31.7. The monoisotopic (exact) mass is 1150 g/mol. The molecule has 0 aliphatic heterocycles. The van der Waals surface area contributed by atoms with Crippen LogP contribution in [-0.2, 0) is 59.6 Å². The topological polar surface area (TPSA) is 434 Å². The van der Waals surface area contributed by atoms with Gasteiger partial charge in [0.2, 0.25) is 0 Å². The van der Waals surface area contributed by atoms with Crippen molar-refractivity contribution in [2.45, 2.75) is 97.4 Å². The van der Waals surface area contributed by atoms with Crippen LogP contribution in [0, 0.1) is 38.5 Å². The van der Waals surface area contributed by atoms with Crippen molar-refractivity contribution in [2.75, 3.05) is 39.5 Å². The SMILES string of the molecule is Cc1ccc(S(=O)(=O)O)cc1.Cc1ccc(S(=O)(=O)O)cc1.Cc1ccc(S(=O)(=O)O)cc1.Cc1ccc(S(=O)(=O)O)cc1.N=CCNCCCCC(N)C(=O)OCC(=O)NCC(N)(CCCCNC(=N)CF)C(=O)O.